The summed E-state index contributed by atoms with van der Waals surface area (Å²) in [4.78, 5) is 14.3. The number of hydrogen-bond acceptors (Lipinski definition) is 2. The Labute approximate surface area is 148 Å². The van der Waals surface area contributed by atoms with Gasteiger partial charge in [0, 0.05) is 29.1 Å². The Morgan fingerprint density at radius 1 is 1.35 bits per heavy atom. The van der Waals surface area contributed by atoms with E-state index in [1.54, 1.807) is 0 Å². The van der Waals surface area contributed by atoms with Gasteiger partial charge in [-0.15, -0.1) is 0 Å². The molecule has 2 aromatic rings. The van der Waals surface area contributed by atoms with Crippen molar-refractivity contribution in [3.8, 4) is 0 Å². The molecular formula is C18H25BrN2O2. The van der Waals surface area contributed by atoms with Crippen LogP contribution in [-0.4, -0.2) is 42.6 Å². The third kappa shape index (κ3) is 3.78. The summed E-state index contributed by atoms with van der Waals surface area (Å²) in [6, 6.07) is 8.71. The molecule has 0 radical (unpaired) electrons. The van der Waals surface area contributed by atoms with E-state index in [1.165, 1.54) is 25.8 Å². The first kappa shape index (κ1) is 18.0. The number of carbonyl (C=O) groups excluding carboxylic acids is 1. The molecule has 4 nitrogen and oxygen atoms in total. The van der Waals surface area contributed by atoms with Crippen LogP contribution >= 0.6 is 0 Å². The van der Waals surface area contributed by atoms with Crippen molar-refractivity contribution < 1.29 is 31.0 Å². The van der Waals surface area contributed by atoms with E-state index in [9.17, 15) is 4.79 Å². The quantitative estimate of drug-likeness (QED) is 0.602. The third-order valence-electron chi connectivity index (χ3n) is 5.18. The number of nitrogens with zero attached hydrogens (tertiary/aromatic N) is 1. The number of nitrogens with one attached hydrogen (secondary N) is 1. The second kappa shape index (κ2) is 7.49. The smallest absolute Gasteiger partial charge is 0.293 e. The fourth-order valence-corrected chi connectivity index (χ4v) is 3.76. The summed E-state index contributed by atoms with van der Waals surface area (Å²) in [5.74, 6) is 0. The van der Waals surface area contributed by atoms with Crippen molar-refractivity contribution in [1.82, 2.24) is 4.98 Å². The monoisotopic (exact) mass is 380 g/mol. The van der Waals surface area contributed by atoms with Crippen LogP contribution in [0.3, 0.4) is 0 Å². The number of fused-ring (bicyclic) bond motifs is 1. The van der Waals surface area contributed by atoms with E-state index >= 15 is 0 Å². The van der Waals surface area contributed by atoms with Crippen molar-refractivity contribution in [2.45, 2.75) is 37.8 Å². The van der Waals surface area contributed by atoms with E-state index in [4.69, 9.17) is 4.74 Å². The van der Waals surface area contributed by atoms with Crippen LogP contribution < -0.4 is 17.0 Å². The molecule has 0 amide bonds. The van der Waals surface area contributed by atoms with Gasteiger partial charge >= 0.3 is 0 Å². The van der Waals surface area contributed by atoms with Crippen molar-refractivity contribution in [2.75, 3.05) is 20.6 Å². The minimum atomic E-state index is -0.172. The van der Waals surface area contributed by atoms with Crippen LogP contribution in [-0.2, 0) is 9.53 Å². The molecule has 5 heteroatoms. The van der Waals surface area contributed by atoms with Crippen LogP contribution in [0.1, 0.15) is 37.4 Å². The lowest BCUT2D eigenvalue weighted by atomic mass is 9.92. The predicted octanol–water partition coefficient (Wildman–Crippen LogP) is 0.405. The number of halogens is 1. The van der Waals surface area contributed by atoms with Gasteiger partial charge in [0.05, 0.1) is 26.7 Å². The number of aromatic amines is 1. The topological polar surface area (TPSA) is 42.1 Å². The van der Waals surface area contributed by atoms with E-state index in [0.29, 0.717) is 12.5 Å². The SMILES string of the molecule is C[N+]1(C)CCCCC1CC(OC=O)c1c[nH]c2ccccc12.[Br-]. The number of carbonyl (C=O) groups is 1. The van der Waals surface area contributed by atoms with Crippen LogP contribution in [0, 0.1) is 0 Å². The molecule has 23 heavy (non-hydrogen) atoms. The third-order valence-corrected chi connectivity index (χ3v) is 5.18. The van der Waals surface area contributed by atoms with Crippen LogP contribution in [0.4, 0.5) is 0 Å². The van der Waals surface area contributed by atoms with Gasteiger partial charge in [-0.05, 0) is 25.3 Å². The van der Waals surface area contributed by atoms with Gasteiger partial charge in [-0.2, -0.15) is 0 Å². The van der Waals surface area contributed by atoms with E-state index < -0.39 is 0 Å². The summed E-state index contributed by atoms with van der Waals surface area (Å²) in [5.41, 5.74) is 2.18. The molecule has 0 bridgehead atoms. The molecule has 126 valence electrons. The lowest BCUT2D eigenvalue weighted by molar-refractivity contribution is -0.920. The number of para-hydroxylation sites is 1. The van der Waals surface area contributed by atoms with Gasteiger partial charge < -0.3 is 31.2 Å². The molecule has 1 aliphatic rings. The zero-order chi connectivity index (χ0) is 15.6. The van der Waals surface area contributed by atoms with Gasteiger partial charge in [0.25, 0.3) is 6.47 Å². The van der Waals surface area contributed by atoms with Gasteiger partial charge in [-0.3, -0.25) is 4.79 Å². The fourth-order valence-electron chi connectivity index (χ4n) is 3.76. The molecule has 1 N–H and O–H groups in total. The summed E-state index contributed by atoms with van der Waals surface area (Å²) in [6.07, 6.45) is 6.46. The number of likely N-dealkylation sites (tertiary alicyclic amines) is 1. The summed E-state index contributed by atoms with van der Waals surface area (Å²) < 4.78 is 6.49. The molecule has 0 spiro atoms. The number of aromatic nitrogens is 1. The van der Waals surface area contributed by atoms with E-state index in [2.05, 4.69) is 31.2 Å². The van der Waals surface area contributed by atoms with Crippen LogP contribution in [0.2, 0.25) is 0 Å². The Hall–Kier alpha value is -1.33. The molecule has 0 aliphatic carbocycles. The number of hydrogen-bond donors (Lipinski definition) is 1. The molecule has 2 unspecified atom stereocenters. The maximum atomic E-state index is 11.0. The second-order valence-electron chi connectivity index (χ2n) is 6.90. The number of rotatable bonds is 5. The largest absolute Gasteiger partial charge is 1.00 e. The maximum absolute atomic E-state index is 11.0. The molecular weight excluding hydrogens is 356 g/mol. The molecule has 0 saturated carbocycles. The Morgan fingerprint density at radius 2 is 2.13 bits per heavy atom. The Balaban J connectivity index is 0.00000192. The zero-order valence-corrected chi connectivity index (χ0v) is 15.4. The fraction of sp³-hybridized carbons (Fsp3) is 0.500. The molecule has 1 aromatic heterocycles. The number of ether oxygens (including phenoxy) is 1. The number of H-pyrrole nitrogens is 1. The lowest BCUT2D eigenvalue weighted by Gasteiger charge is -2.42. The van der Waals surface area contributed by atoms with Crippen molar-refractivity contribution >= 4 is 17.4 Å². The van der Waals surface area contributed by atoms with E-state index in [0.717, 1.165) is 27.4 Å². The molecule has 1 fully saturated rings. The minimum absolute atomic E-state index is 0. The summed E-state index contributed by atoms with van der Waals surface area (Å²) in [7, 11) is 4.58. The van der Waals surface area contributed by atoms with Crippen LogP contribution in [0.15, 0.2) is 30.5 Å². The lowest BCUT2D eigenvalue weighted by Crippen LogP contribution is -3.00. The highest BCUT2D eigenvalue weighted by Crippen LogP contribution is 2.34. The highest BCUT2D eigenvalue weighted by atomic mass is 79.9. The van der Waals surface area contributed by atoms with Gasteiger partial charge in [-0.25, -0.2) is 0 Å². The highest BCUT2D eigenvalue weighted by molar-refractivity contribution is 5.83. The first-order chi connectivity index (χ1) is 10.6. The summed E-state index contributed by atoms with van der Waals surface area (Å²) in [5, 5.41) is 1.15. The molecule has 2 atom stereocenters. The average Bonchev–Trinajstić information content (AvgIpc) is 2.92. The van der Waals surface area contributed by atoms with Crippen molar-refractivity contribution in [3.63, 3.8) is 0 Å². The second-order valence-corrected chi connectivity index (χ2v) is 6.90. The van der Waals surface area contributed by atoms with Gasteiger partial charge in [-0.1, -0.05) is 18.2 Å². The first-order valence-corrected chi connectivity index (χ1v) is 8.09. The number of piperidine rings is 1. The van der Waals surface area contributed by atoms with Crippen molar-refractivity contribution in [2.24, 2.45) is 0 Å². The van der Waals surface area contributed by atoms with E-state index in [1.807, 2.05) is 18.3 Å². The number of benzene rings is 1. The summed E-state index contributed by atoms with van der Waals surface area (Å²) in [6.45, 7) is 1.79. The molecule has 2 heterocycles. The maximum Gasteiger partial charge on any atom is 0.293 e. The normalized spacial score (nSPS) is 21.4. The standard InChI is InChI=1S/C18H25N2O2.BrH/c1-20(2)10-6-5-7-14(20)11-18(22-13-21)16-12-19-17-9-4-3-8-15(16)17;/h3-4,8-9,12-14,18-19H,5-7,10-11H2,1-2H3;1H/q+1;/p-1. The Morgan fingerprint density at radius 3 is 2.87 bits per heavy atom. The predicted molar refractivity (Wildman–Crippen MR) is 87.4 cm³/mol. The Bertz CT molecular complexity index is 653. The Kier molecular flexibility index (Phi) is 5.87. The summed E-state index contributed by atoms with van der Waals surface area (Å²) >= 11 is 0. The van der Waals surface area contributed by atoms with Gasteiger partial charge in [0.1, 0.15) is 6.10 Å². The molecule has 1 aromatic carbocycles. The molecule has 3 rings (SSSR count). The first-order valence-electron chi connectivity index (χ1n) is 8.09. The molecule has 1 saturated heterocycles. The molecule has 1 aliphatic heterocycles. The zero-order valence-electron chi connectivity index (χ0n) is 13.8. The van der Waals surface area contributed by atoms with Gasteiger partial charge in [0.2, 0.25) is 0 Å². The van der Waals surface area contributed by atoms with Crippen LogP contribution in [0.5, 0.6) is 0 Å². The van der Waals surface area contributed by atoms with E-state index in [-0.39, 0.29) is 23.1 Å². The van der Waals surface area contributed by atoms with Crippen LogP contribution in [0.25, 0.3) is 10.9 Å². The average molecular weight is 381 g/mol. The minimum Gasteiger partial charge on any atom is -1.00 e. The number of quaternary nitrogens is 1. The highest BCUT2D eigenvalue weighted by Gasteiger charge is 2.34. The van der Waals surface area contributed by atoms with Crippen molar-refractivity contribution in [3.05, 3.63) is 36.0 Å². The van der Waals surface area contributed by atoms with Gasteiger partial charge in [0.15, 0.2) is 0 Å². The van der Waals surface area contributed by atoms with Crippen molar-refractivity contribution in [1.29, 1.82) is 0 Å².